The van der Waals surface area contributed by atoms with Crippen molar-refractivity contribution in [3.63, 3.8) is 0 Å². The fraction of sp³-hybridized carbons (Fsp3) is 0.867. The molecule has 118 valence electrons. The number of piperazine rings is 1. The zero-order valence-electron chi connectivity index (χ0n) is 13.1. The topological polar surface area (TPSA) is 54.6 Å². The first-order valence-electron chi connectivity index (χ1n) is 8.08. The number of aromatic nitrogens is 2. The molecule has 0 amide bonds. The summed E-state index contributed by atoms with van der Waals surface area (Å²) in [7, 11) is 1.77. The average Bonchev–Trinajstić information content (AvgIpc) is 3.26. The van der Waals surface area contributed by atoms with Crippen LogP contribution in [0.4, 0.5) is 0 Å². The molecular formula is C15H26N4O2. The van der Waals surface area contributed by atoms with E-state index in [0.29, 0.717) is 12.0 Å². The van der Waals surface area contributed by atoms with E-state index in [1.807, 2.05) is 0 Å². The van der Waals surface area contributed by atoms with Gasteiger partial charge in [-0.1, -0.05) is 12.1 Å². The molecule has 1 aliphatic carbocycles. The molecule has 1 aromatic rings. The predicted molar refractivity (Wildman–Crippen MR) is 79.1 cm³/mol. The Kier molecular flexibility index (Phi) is 4.87. The maximum Gasteiger partial charge on any atom is 0.229 e. The van der Waals surface area contributed by atoms with Crippen molar-refractivity contribution in [1.29, 1.82) is 0 Å². The van der Waals surface area contributed by atoms with Gasteiger partial charge in [-0.3, -0.25) is 9.80 Å². The summed E-state index contributed by atoms with van der Waals surface area (Å²) < 4.78 is 10.5. The summed E-state index contributed by atoms with van der Waals surface area (Å²) in [6, 6.07) is 0.601. The van der Waals surface area contributed by atoms with Crippen molar-refractivity contribution < 1.29 is 9.26 Å². The molecule has 0 radical (unpaired) electrons. The molecule has 1 aromatic heterocycles. The Morgan fingerprint density at radius 2 is 2.19 bits per heavy atom. The van der Waals surface area contributed by atoms with E-state index in [4.69, 9.17) is 9.26 Å². The Morgan fingerprint density at radius 3 is 2.90 bits per heavy atom. The number of rotatable bonds is 7. The van der Waals surface area contributed by atoms with Crippen molar-refractivity contribution in [1.82, 2.24) is 19.9 Å². The Morgan fingerprint density at radius 1 is 1.33 bits per heavy atom. The van der Waals surface area contributed by atoms with E-state index < -0.39 is 0 Å². The third-order valence-corrected chi connectivity index (χ3v) is 4.52. The minimum absolute atomic E-state index is 0.542. The van der Waals surface area contributed by atoms with Crippen LogP contribution in [0, 0.1) is 0 Å². The van der Waals surface area contributed by atoms with Crippen LogP contribution in [-0.4, -0.2) is 65.9 Å². The van der Waals surface area contributed by atoms with Crippen LogP contribution in [-0.2, 0) is 11.3 Å². The van der Waals surface area contributed by atoms with Crippen molar-refractivity contribution in [3.8, 4) is 0 Å². The third-order valence-electron chi connectivity index (χ3n) is 4.52. The van der Waals surface area contributed by atoms with Crippen LogP contribution >= 0.6 is 0 Å². The highest BCUT2D eigenvalue weighted by Gasteiger charge is 2.30. The quantitative estimate of drug-likeness (QED) is 0.759. The number of nitrogens with zero attached hydrogens (tertiary/aromatic N) is 4. The van der Waals surface area contributed by atoms with Crippen LogP contribution in [0.1, 0.15) is 43.8 Å². The highest BCUT2D eigenvalue weighted by molar-refractivity contribution is 5.01. The Bertz CT molecular complexity index is 447. The van der Waals surface area contributed by atoms with Gasteiger partial charge in [0.05, 0.1) is 13.2 Å². The molecule has 6 nitrogen and oxygen atoms in total. The summed E-state index contributed by atoms with van der Waals surface area (Å²) in [6.07, 6.45) is 3.58. The molecule has 0 N–H and O–H groups in total. The van der Waals surface area contributed by atoms with Gasteiger partial charge in [0.15, 0.2) is 5.82 Å². The smallest absolute Gasteiger partial charge is 0.229 e. The second-order valence-corrected chi connectivity index (χ2v) is 6.15. The van der Waals surface area contributed by atoms with Crippen LogP contribution in [0.2, 0.25) is 0 Å². The molecule has 21 heavy (non-hydrogen) atoms. The number of hydrogen-bond donors (Lipinski definition) is 0. The van der Waals surface area contributed by atoms with E-state index in [9.17, 15) is 0 Å². The molecule has 2 heterocycles. The first-order chi connectivity index (χ1) is 10.3. The van der Waals surface area contributed by atoms with Gasteiger partial charge < -0.3 is 9.26 Å². The Balaban J connectivity index is 1.52. The van der Waals surface area contributed by atoms with Gasteiger partial charge in [-0.15, -0.1) is 0 Å². The summed E-state index contributed by atoms with van der Waals surface area (Å²) in [6.45, 7) is 8.14. The van der Waals surface area contributed by atoms with Crippen LogP contribution in [0.25, 0.3) is 0 Å². The molecular weight excluding hydrogens is 268 g/mol. The molecule has 1 saturated heterocycles. The Labute approximate surface area is 126 Å². The van der Waals surface area contributed by atoms with Crippen LogP contribution in [0.5, 0.6) is 0 Å². The first kappa shape index (κ1) is 14.9. The zero-order valence-corrected chi connectivity index (χ0v) is 13.1. The molecule has 2 fully saturated rings. The molecule has 6 heteroatoms. The van der Waals surface area contributed by atoms with E-state index in [1.54, 1.807) is 7.11 Å². The number of methoxy groups -OCH3 is 1. The SMILES string of the molecule is CCC1CN(Cc2noc(C3CC3)n2)CCN1CCOC. The average molecular weight is 294 g/mol. The van der Waals surface area contributed by atoms with Gasteiger partial charge in [-0.05, 0) is 19.3 Å². The minimum Gasteiger partial charge on any atom is -0.383 e. The molecule has 1 saturated carbocycles. The van der Waals surface area contributed by atoms with Gasteiger partial charge >= 0.3 is 0 Å². The summed E-state index contributed by atoms with van der Waals surface area (Å²) in [5.74, 6) is 2.23. The van der Waals surface area contributed by atoms with E-state index in [1.165, 1.54) is 19.3 Å². The highest BCUT2D eigenvalue weighted by Crippen LogP contribution is 2.38. The van der Waals surface area contributed by atoms with Crippen molar-refractivity contribution >= 4 is 0 Å². The van der Waals surface area contributed by atoms with E-state index in [0.717, 1.165) is 51.0 Å². The molecule has 1 unspecified atom stereocenters. The van der Waals surface area contributed by atoms with Crippen LogP contribution in [0.3, 0.4) is 0 Å². The maximum absolute atomic E-state index is 5.34. The van der Waals surface area contributed by atoms with E-state index in [2.05, 4.69) is 26.9 Å². The zero-order chi connectivity index (χ0) is 14.7. The number of ether oxygens (including phenoxy) is 1. The summed E-state index contributed by atoms with van der Waals surface area (Å²) in [5.41, 5.74) is 0. The van der Waals surface area contributed by atoms with E-state index >= 15 is 0 Å². The molecule has 2 aliphatic rings. The van der Waals surface area contributed by atoms with Crippen LogP contribution < -0.4 is 0 Å². The largest absolute Gasteiger partial charge is 0.383 e. The minimum atomic E-state index is 0.542. The lowest BCUT2D eigenvalue weighted by Gasteiger charge is -2.40. The van der Waals surface area contributed by atoms with Gasteiger partial charge in [0.1, 0.15) is 0 Å². The lowest BCUT2D eigenvalue weighted by molar-refractivity contribution is 0.0452. The summed E-state index contributed by atoms with van der Waals surface area (Å²) >= 11 is 0. The van der Waals surface area contributed by atoms with E-state index in [-0.39, 0.29) is 0 Å². The fourth-order valence-corrected chi connectivity index (χ4v) is 3.02. The predicted octanol–water partition coefficient (Wildman–Crippen LogP) is 1.49. The van der Waals surface area contributed by atoms with Crippen molar-refractivity contribution in [3.05, 3.63) is 11.7 Å². The highest BCUT2D eigenvalue weighted by atomic mass is 16.5. The maximum atomic E-state index is 5.34. The first-order valence-corrected chi connectivity index (χ1v) is 8.08. The molecule has 1 atom stereocenters. The second kappa shape index (κ2) is 6.85. The lowest BCUT2D eigenvalue weighted by Crippen LogP contribution is -2.53. The van der Waals surface area contributed by atoms with Crippen molar-refractivity contribution in [2.75, 3.05) is 39.9 Å². The van der Waals surface area contributed by atoms with Gasteiger partial charge in [-0.2, -0.15) is 4.98 Å². The molecule has 0 aromatic carbocycles. The van der Waals surface area contributed by atoms with Gasteiger partial charge in [0.25, 0.3) is 0 Å². The van der Waals surface area contributed by atoms with Crippen molar-refractivity contribution in [2.45, 2.75) is 44.7 Å². The Hall–Kier alpha value is -0.980. The van der Waals surface area contributed by atoms with Gasteiger partial charge in [0.2, 0.25) is 5.89 Å². The normalized spacial score (nSPS) is 24.6. The molecule has 0 bridgehead atoms. The van der Waals surface area contributed by atoms with Gasteiger partial charge in [-0.25, -0.2) is 0 Å². The summed E-state index contributed by atoms with van der Waals surface area (Å²) in [4.78, 5) is 9.51. The fourth-order valence-electron chi connectivity index (χ4n) is 3.02. The second-order valence-electron chi connectivity index (χ2n) is 6.15. The molecule has 3 rings (SSSR count). The van der Waals surface area contributed by atoms with Crippen molar-refractivity contribution in [2.24, 2.45) is 0 Å². The summed E-state index contributed by atoms with van der Waals surface area (Å²) in [5, 5.41) is 4.13. The van der Waals surface area contributed by atoms with Gasteiger partial charge in [0, 0.05) is 45.2 Å². The third kappa shape index (κ3) is 3.81. The standard InChI is InChI=1S/C15H26N4O2/c1-3-13-10-18(6-7-19(13)8-9-20-2)11-14-16-15(21-17-14)12-4-5-12/h12-13H,3-11H2,1-2H3. The number of hydrogen-bond acceptors (Lipinski definition) is 6. The molecule has 1 aliphatic heterocycles. The lowest BCUT2D eigenvalue weighted by atomic mass is 10.1. The molecule has 0 spiro atoms. The monoisotopic (exact) mass is 294 g/mol. The van der Waals surface area contributed by atoms with Crippen LogP contribution in [0.15, 0.2) is 4.52 Å².